The van der Waals surface area contributed by atoms with Crippen molar-refractivity contribution >= 4 is 22.5 Å². The largest absolute Gasteiger partial charge is 0.508 e. The number of nitrogens with zero attached hydrogens (tertiary/aromatic N) is 2. The van der Waals surface area contributed by atoms with E-state index in [0.29, 0.717) is 10.5 Å². The minimum absolute atomic E-state index is 0.166. The summed E-state index contributed by atoms with van der Waals surface area (Å²) in [5, 5.41) is 17.9. The highest BCUT2D eigenvalue weighted by Gasteiger charge is 2.00. The summed E-state index contributed by atoms with van der Waals surface area (Å²) in [5.41, 5.74) is 0.600. The highest BCUT2D eigenvalue weighted by Crippen LogP contribution is 2.23. The van der Waals surface area contributed by atoms with Crippen molar-refractivity contribution in [2.75, 3.05) is 0 Å². The van der Waals surface area contributed by atoms with Gasteiger partial charge < -0.3 is 5.11 Å². The van der Waals surface area contributed by atoms with Gasteiger partial charge in [0.25, 0.3) is 0 Å². The summed E-state index contributed by atoms with van der Waals surface area (Å²) in [6.45, 7) is 0. The van der Waals surface area contributed by atoms with Crippen LogP contribution in [0.3, 0.4) is 0 Å². The number of rotatable bonds is 0. The van der Waals surface area contributed by atoms with Crippen molar-refractivity contribution in [2.24, 2.45) is 0 Å². The van der Waals surface area contributed by atoms with Crippen LogP contribution >= 0.6 is 11.6 Å². The quantitative estimate of drug-likeness (QED) is 0.675. The van der Waals surface area contributed by atoms with E-state index in [1.165, 1.54) is 12.3 Å². The molecule has 0 fully saturated rings. The average molecular weight is 181 g/mol. The lowest BCUT2D eigenvalue weighted by atomic mass is 10.2. The lowest BCUT2D eigenvalue weighted by Crippen LogP contribution is -1.82. The third-order valence-corrected chi connectivity index (χ3v) is 1.88. The van der Waals surface area contributed by atoms with Crippen LogP contribution in [-0.4, -0.2) is 15.3 Å². The van der Waals surface area contributed by atoms with E-state index in [9.17, 15) is 0 Å². The number of hydrogen-bond donors (Lipinski definition) is 1. The number of fused-ring (bicyclic) bond motifs is 1. The molecule has 0 saturated heterocycles. The van der Waals surface area contributed by atoms with Crippen LogP contribution in [0.4, 0.5) is 0 Å². The molecular formula is C8H5ClN2O. The monoisotopic (exact) mass is 180 g/mol. The molecule has 1 heterocycles. The number of halogens is 1. The second kappa shape index (κ2) is 2.60. The maximum Gasteiger partial charge on any atom is 0.117 e. The third kappa shape index (κ3) is 1.08. The van der Waals surface area contributed by atoms with Crippen LogP contribution < -0.4 is 0 Å². The summed E-state index contributed by atoms with van der Waals surface area (Å²) >= 11 is 5.83. The molecule has 0 aliphatic heterocycles. The molecule has 4 heteroatoms. The zero-order valence-electron chi connectivity index (χ0n) is 6.03. The van der Waals surface area contributed by atoms with Crippen LogP contribution in [0.1, 0.15) is 0 Å². The van der Waals surface area contributed by atoms with Crippen molar-refractivity contribution in [3.8, 4) is 5.75 Å². The molecule has 0 aliphatic rings. The first-order valence-electron chi connectivity index (χ1n) is 3.37. The van der Waals surface area contributed by atoms with Crippen molar-refractivity contribution in [3.63, 3.8) is 0 Å². The predicted molar refractivity (Wildman–Crippen MR) is 46.2 cm³/mol. The number of hydrogen-bond acceptors (Lipinski definition) is 3. The van der Waals surface area contributed by atoms with Gasteiger partial charge in [0.2, 0.25) is 0 Å². The SMILES string of the molecule is Oc1ccc2c(Cl)cnnc2c1. The first kappa shape index (κ1) is 7.31. The molecule has 0 atom stereocenters. The highest BCUT2D eigenvalue weighted by atomic mass is 35.5. The molecule has 0 saturated carbocycles. The zero-order valence-corrected chi connectivity index (χ0v) is 6.78. The molecule has 0 unspecified atom stereocenters. The van der Waals surface area contributed by atoms with Gasteiger partial charge in [-0.2, -0.15) is 10.2 Å². The molecule has 0 amide bonds. The molecular weight excluding hydrogens is 176 g/mol. The van der Waals surface area contributed by atoms with Gasteiger partial charge in [-0.1, -0.05) is 11.6 Å². The van der Waals surface area contributed by atoms with E-state index in [-0.39, 0.29) is 5.75 Å². The average Bonchev–Trinajstić information content (AvgIpc) is 2.04. The van der Waals surface area contributed by atoms with Gasteiger partial charge in [0.05, 0.1) is 16.7 Å². The van der Waals surface area contributed by atoms with E-state index >= 15 is 0 Å². The van der Waals surface area contributed by atoms with Gasteiger partial charge in [0.1, 0.15) is 5.75 Å². The smallest absolute Gasteiger partial charge is 0.117 e. The summed E-state index contributed by atoms with van der Waals surface area (Å²) in [6, 6.07) is 4.80. The van der Waals surface area contributed by atoms with Gasteiger partial charge in [-0.15, -0.1) is 0 Å². The zero-order chi connectivity index (χ0) is 8.55. The fourth-order valence-electron chi connectivity index (χ4n) is 1.02. The predicted octanol–water partition coefficient (Wildman–Crippen LogP) is 1.99. The molecule has 3 nitrogen and oxygen atoms in total. The van der Waals surface area contributed by atoms with Gasteiger partial charge in [-0.3, -0.25) is 0 Å². The van der Waals surface area contributed by atoms with Crippen LogP contribution in [0.15, 0.2) is 24.4 Å². The normalized spacial score (nSPS) is 10.4. The molecule has 0 bridgehead atoms. The van der Waals surface area contributed by atoms with Crippen LogP contribution in [0.2, 0.25) is 5.02 Å². The maximum absolute atomic E-state index is 9.11. The Morgan fingerprint density at radius 1 is 1.33 bits per heavy atom. The second-order valence-corrected chi connectivity index (χ2v) is 2.80. The van der Waals surface area contributed by atoms with Crippen molar-refractivity contribution < 1.29 is 5.11 Å². The van der Waals surface area contributed by atoms with Crippen molar-refractivity contribution in [1.29, 1.82) is 0 Å². The topological polar surface area (TPSA) is 46.0 Å². The Morgan fingerprint density at radius 3 is 3.00 bits per heavy atom. The Morgan fingerprint density at radius 2 is 2.17 bits per heavy atom. The molecule has 0 aliphatic carbocycles. The summed E-state index contributed by atoms with van der Waals surface area (Å²) in [6.07, 6.45) is 1.47. The van der Waals surface area contributed by atoms with E-state index in [0.717, 1.165) is 5.39 Å². The van der Waals surface area contributed by atoms with E-state index in [1.54, 1.807) is 12.1 Å². The number of aromatic hydroxyl groups is 1. The Balaban J connectivity index is 2.86. The van der Waals surface area contributed by atoms with Gasteiger partial charge in [0, 0.05) is 11.5 Å². The number of phenols is 1. The van der Waals surface area contributed by atoms with Crippen LogP contribution in [0.5, 0.6) is 5.75 Å². The Hall–Kier alpha value is -1.35. The fourth-order valence-corrected chi connectivity index (χ4v) is 1.22. The Labute approximate surface area is 73.6 Å². The highest BCUT2D eigenvalue weighted by molar-refractivity contribution is 6.35. The Kier molecular flexibility index (Phi) is 1.59. The number of phenolic OH excluding ortho intramolecular Hbond substituents is 1. The number of benzene rings is 1. The second-order valence-electron chi connectivity index (χ2n) is 2.39. The van der Waals surface area contributed by atoms with E-state index in [1.807, 2.05) is 0 Å². The summed E-state index contributed by atoms with van der Waals surface area (Å²) < 4.78 is 0. The molecule has 2 rings (SSSR count). The van der Waals surface area contributed by atoms with Crippen LogP contribution in [0.25, 0.3) is 10.9 Å². The molecule has 0 radical (unpaired) electrons. The molecule has 1 N–H and O–H groups in total. The molecule has 12 heavy (non-hydrogen) atoms. The third-order valence-electron chi connectivity index (χ3n) is 1.58. The lowest BCUT2D eigenvalue weighted by molar-refractivity contribution is 0.476. The van der Waals surface area contributed by atoms with Gasteiger partial charge in [0.15, 0.2) is 0 Å². The van der Waals surface area contributed by atoms with Gasteiger partial charge in [-0.25, -0.2) is 0 Å². The van der Waals surface area contributed by atoms with E-state index in [2.05, 4.69) is 10.2 Å². The first-order chi connectivity index (χ1) is 5.77. The minimum Gasteiger partial charge on any atom is -0.508 e. The van der Waals surface area contributed by atoms with Crippen LogP contribution in [-0.2, 0) is 0 Å². The van der Waals surface area contributed by atoms with E-state index in [4.69, 9.17) is 16.7 Å². The first-order valence-corrected chi connectivity index (χ1v) is 3.75. The van der Waals surface area contributed by atoms with Gasteiger partial charge in [-0.05, 0) is 12.1 Å². The van der Waals surface area contributed by atoms with Crippen LogP contribution in [0, 0.1) is 0 Å². The summed E-state index contributed by atoms with van der Waals surface area (Å²) in [5.74, 6) is 0.166. The van der Waals surface area contributed by atoms with Crippen molar-refractivity contribution in [1.82, 2.24) is 10.2 Å². The van der Waals surface area contributed by atoms with Crippen molar-refractivity contribution in [3.05, 3.63) is 29.4 Å². The summed E-state index contributed by atoms with van der Waals surface area (Å²) in [7, 11) is 0. The Bertz CT molecular complexity index is 430. The standard InChI is InChI=1S/C8H5ClN2O/c9-7-4-10-11-8-3-5(12)1-2-6(7)8/h1-4,12H. The molecule has 60 valence electrons. The molecule has 1 aromatic heterocycles. The van der Waals surface area contributed by atoms with E-state index < -0.39 is 0 Å². The molecule has 0 spiro atoms. The van der Waals surface area contributed by atoms with Gasteiger partial charge >= 0.3 is 0 Å². The minimum atomic E-state index is 0.166. The summed E-state index contributed by atoms with van der Waals surface area (Å²) in [4.78, 5) is 0. The molecule has 1 aromatic carbocycles. The molecule has 2 aromatic rings. The lowest BCUT2D eigenvalue weighted by Gasteiger charge is -1.97. The van der Waals surface area contributed by atoms with Crippen molar-refractivity contribution in [2.45, 2.75) is 0 Å². The maximum atomic E-state index is 9.11. The number of aromatic nitrogens is 2. The fraction of sp³-hybridized carbons (Fsp3) is 0.